The SMILES string of the molecule is CN(C(=O)C1CCN(C(=O)CNc2cccc3c2CN(C2CCC(=O)NC2=O)C3=O)CC1)c1cccc(CS(=O)(=O)[C@H]2CC[C@H](Nc3cccc(-c4sc(C(=O)O)c(OCC(=O)O)c4Cl)c3)CC2(C)C)c1. The van der Waals surface area contributed by atoms with E-state index in [1.165, 1.54) is 4.90 Å². The van der Waals surface area contributed by atoms with E-state index in [1.807, 2.05) is 26.0 Å². The number of piperidine rings is 2. The Balaban J connectivity index is 0.826. The van der Waals surface area contributed by atoms with E-state index < -0.39 is 51.0 Å². The van der Waals surface area contributed by atoms with Crippen LogP contribution in [0.15, 0.2) is 66.7 Å². The van der Waals surface area contributed by atoms with Crippen LogP contribution in [-0.2, 0) is 46.1 Å². The van der Waals surface area contributed by atoms with Crippen molar-refractivity contribution in [1.82, 2.24) is 15.1 Å². The fraction of sp³-hybridized carbons (Fsp3) is 0.420. The van der Waals surface area contributed by atoms with Crippen molar-refractivity contribution in [2.45, 2.75) is 88.4 Å². The fourth-order valence-corrected chi connectivity index (χ4v) is 14.2. The number of imide groups is 1. The molecule has 1 aliphatic carbocycles. The van der Waals surface area contributed by atoms with Gasteiger partial charge in [0.25, 0.3) is 5.91 Å². The highest BCUT2D eigenvalue weighted by Gasteiger charge is 2.44. The van der Waals surface area contributed by atoms with Gasteiger partial charge in [-0.25, -0.2) is 18.0 Å². The molecule has 0 radical (unpaired) electrons. The van der Waals surface area contributed by atoms with Gasteiger partial charge in [-0.3, -0.25) is 29.3 Å². The number of amides is 5. The largest absolute Gasteiger partial charge is 0.479 e. The molecule has 21 heteroatoms. The molecule has 3 aliphatic heterocycles. The van der Waals surface area contributed by atoms with Gasteiger partial charge in [-0.05, 0) is 91.5 Å². The summed E-state index contributed by atoms with van der Waals surface area (Å²) in [6.45, 7) is 4.02. The van der Waals surface area contributed by atoms with E-state index in [-0.39, 0.29) is 82.9 Å². The number of halogens is 1. The first-order valence-corrected chi connectivity index (χ1v) is 26.2. The second kappa shape index (κ2) is 20.7. The number of aliphatic carboxylic acids is 1. The lowest BCUT2D eigenvalue weighted by Crippen LogP contribution is -2.52. The maximum atomic E-state index is 14.2. The summed E-state index contributed by atoms with van der Waals surface area (Å²) in [6.07, 6.45) is 2.80. The summed E-state index contributed by atoms with van der Waals surface area (Å²) in [6, 6.07) is 18.6. The third-order valence-corrected chi connectivity index (χ3v) is 18.1. The van der Waals surface area contributed by atoms with E-state index in [0.717, 1.165) is 17.0 Å². The summed E-state index contributed by atoms with van der Waals surface area (Å²) < 4.78 is 33.6. The molecule has 4 heterocycles. The second-order valence-corrected chi connectivity index (χ2v) is 22.8. The van der Waals surface area contributed by atoms with Crippen molar-refractivity contribution in [1.29, 1.82) is 0 Å². The van der Waals surface area contributed by atoms with Crippen LogP contribution in [-0.4, -0.2) is 121 Å². The molecular formula is C50H55ClN6O12S2. The number of carboxylic acids is 2. The molecule has 8 rings (SSSR count). The maximum absolute atomic E-state index is 14.2. The van der Waals surface area contributed by atoms with E-state index in [0.29, 0.717) is 83.7 Å². The number of rotatable bonds is 16. The first-order valence-electron chi connectivity index (χ1n) is 23.3. The lowest BCUT2D eigenvalue weighted by molar-refractivity contribution is -0.139. The molecule has 71 heavy (non-hydrogen) atoms. The summed E-state index contributed by atoms with van der Waals surface area (Å²) in [5.74, 6) is -4.80. The van der Waals surface area contributed by atoms with E-state index in [9.17, 15) is 47.1 Å². The van der Waals surface area contributed by atoms with Crippen LogP contribution in [0.4, 0.5) is 17.1 Å². The number of likely N-dealkylation sites (tertiary alicyclic amines) is 1. The highest BCUT2D eigenvalue weighted by atomic mass is 35.5. The number of sulfone groups is 1. The highest BCUT2D eigenvalue weighted by Crippen LogP contribution is 2.47. The summed E-state index contributed by atoms with van der Waals surface area (Å²) in [5, 5.41) is 27.2. The van der Waals surface area contributed by atoms with Gasteiger partial charge in [-0.1, -0.05) is 55.8 Å². The van der Waals surface area contributed by atoms with Crippen LogP contribution < -0.4 is 25.6 Å². The molecule has 3 aromatic carbocycles. The number of thiophene rings is 1. The molecule has 5 N–H and O–H groups in total. The third-order valence-electron chi connectivity index (χ3n) is 13.9. The Hall–Kier alpha value is -6.51. The molecule has 0 spiro atoms. The molecule has 1 unspecified atom stereocenters. The first-order chi connectivity index (χ1) is 33.7. The van der Waals surface area contributed by atoms with Crippen molar-refractivity contribution in [3.8, 4) is 16.2 Å². The number of nitrogens with zero attached hydrogens (tertiary/aromatic N) is 3. The molecule has 1 saturated carbocycles. The minimum Gasteiger partial charge on any atom is -0.479 e. The van der Waals surface area contributed by atoms with Crippen LogP contribution in [0, 0.1) is 11.3 Å². The number of hydrogen-bond acceptors (Lipinski definition) is 13. The number of benzene rings is 3. The number of carbonyl (C=O) groups is 7. The van der Waals surface area contributed by atoms with Gasteiger partial charge in [0.1, 0.15) is 11.1 Å². The van der Waals surface area contributed by atoms with E-state index in [4.69, 9.17) is 21.4 Å². The van der Waals surface area contributed by atoms with Gasteiger partial charge in [0.2, 0.25) is 23.6 Å². The van der Waals surface area contributed by atoms with Crippen LogP contribution >= 0.6 is 22.9 Å². The number of fused-ring (bicyclic) bond motifs is 1. The number of anilines is 3. The zero-order chi connectivity index (χ0) is 50.9. The van der Waals surface area contributed by atoms with Gasteiger partial charge in [0, 0.05) is 73.3 Å². The van der Waals surface area contributed by atoms with Crippen LogP contribution in [0.3, 0.4) is 0 Å². The monoisotopic (exact) mass is 1030 g/mol. The van der Waals surface area contributed by atoms with Gasteiger partial charge >= 0.3 is 11.9 Å². The zero-order valence-corrected chi connectivity index (χ0v) is 41.8. The smallest absolute Gasteiger partial charge is 0.349 e. The van der Waals surface area contributed by atoms with Gasteiger partial charge < -0.3 is 40.3 Å². The average molecular weight is 1030 g/mol. The average Bonchev–Trinajstić information content (AvgIpc) is 3.85. The Bertz CT molecular complexity index is 2920. The molecule has 18 nitrogen and oxygen atoms in total. The quantitative estimate of drug-likeness (QED) is 0.0776. The Kier molecular flexibility index (Phi) is 14.8. The Morgan fingerprint density at radius 2 is 1.69 bits per heavy atom. The van der Waals surface area contributed by atoms with Crippen LogP contribution in [0.25, 0.3) is 10.4 Å². The number of aromatic carboxylic acids is 1. The van der Waals surface area contributed by atoms with Crippen molar-refractivity contribution >= 4 is 91.3 Å². The van der Waals surface area contributed by atoms with Gasteiger partial charge in [-0.2, -0.15) is 0 Å². The fourth-order valence-electron chi connectivity index (χ4n) is 10.4. The van der Waals surface area contributed by atoms with E-state index in [1.54, 1.807) is 71.4 Å². The maximum Gasteiger partial charge on any atom is 0.349 e. The summed E-state index contributed by atoms with van der Waals surface area (Å²) in [7, 11) is -2.00. The molecule has 4 aromatic rings. The molecule has 2 saturated heterocycles. The van der Waals surface area contributed by atoms with Crippen molar-refractivity contribution in [3.05, 3.63) is 93.3 Å². The number of ether oxygens (including phenoxy) is 1. The number of nitrogens with one attached hydrogen (secondary N) is 3. The molecule has 3 atom stereocenters. The first kappa shape index (κ1) is 50.9. The highest BCUT2D eigenvalue weighted by molar-refractivity contribution is 7.91. The topological polar surface area (TPSA) is 249 Å². The molecule has 4 aliphatic rings. The van der Waals surface area contributed by atoms with Crippen molar-refractivity contribution in [2.24, 2.45) is 11.3 Å². The number of carbonyl (C=O) groups excluding carboxylic acids is 5. The van der Waals surface area contributed by atoms with Crippen LogP contribution in [0.5, 0.6) is 5.75 Å². The van der Waals surface area contributed by atoms with Crippen molar-refractivity contribution in [2.75, 3.05) is 48.8 Å². The van der Waals surface area contributed by atoms with Gasteiger partial charge in [0.05, 0.1) is 22.4 Å². The summed E-state index contributed by atoms with van der Waals surface area (Å²) in [4.78, 5) is 92.6. The van der Waals surface area contributed by atoms with Gasteiger partial charge in [0.15, 0.2) is 27.1 Å². The lowest BCUT2D eigenvalue weighted by atomic mass is 9.74. The number of carboxylic acid groups (broad SMARTS) is 2. The van der Waals surface area contributed by atoms with Gasteiger partial charge in [-0.15, -0.1) is 11.3 Å². The van der Waals surface area contributed by atoms with Crippen LogP contribution in [0.1, 0.15) is 89.9 Å². The molecule has 5 amide bonds. The van der Waals surface area contributed by atoms with E-state index in [2.05, 4.69) is 16.0 Å². The minimum atomic E-state index is -3.67. The molecule has 376 valence electrons. The molecule has 0 bridgehead atoms. The Labute approximate surface area is 419 Å². The predicted molar refractivity (Wildman–Crippen MR) is 266 cm³/mol. The minimum absolute atomic E-state index is 0.00244. The molecule has 3 fully saturated rings. The standard InChI is InChI=1S/C50H55ClN6O12S2/c1-50(2)23-32(53-31-9-5-8-30(22-31)44-42(51)43(69-26-41(60)61)45(70-44)49(65)66)13-15-38(50)71(67,68)27-28-7-4-10-33(21-28)55(3)47(63)29-17-19-56(20-18-29)40(59)24-52-36-12-6-11-34-35(36)25-57(48(34)64)37-14-16-39(58)54-46(37)62/h4-12,21-22,29,32,37-38,52-53H,13-20,23-27H2,1-3H3,(H,60,61)(H,65,66)(H,54,58,62)/t32-,37?,38-/m0/s1. The van der Waals surface area contributed by atoms with Crippen molar-refractivity contribution in [3.63, 3.8) is 0 Å². The summed E-state index contributed by atoms with van der Waals surface area (Å²) in [5.41, 5.74) is 3.56. The lowest BCUT2D eigenvalue weighted by Gasteiger charge is -2.42. The molecule has 1 aromatic heterocycles. The van der Waals surface area contributed by atoms with E-state index >= 15 is 0 Å². The normalized spacial score (nSPS) is 20.2. The zero-order valence-electron chi connectivity index (χ0n) is 39.4. The predicted octanol–water partition coefficient (Wildman–Crippen LogP) is 6.28. The van der Waals surface area contributed by atoms with Crippen molar-refractivity contribution < 1.29 is 56.9 Å². The summed E-state index contributed by atoms with van der Waals surface area (Å²) >= 11 is 7.41. The Morgan fingerprint density at radius 1 is 0.958 bits per heavy atom. The Morgan fingerprint density at radius 3 is 2.39 bits per heavy atom. The third kappa shape index (κ3) is 11.0. The van der Waals surface area contributed by atoms with Crippen LogP contribution in [0.2, 0.25) is 5.02 Å². The second-order valence-electron chi connectivity index (χ2n) is 19.2. The number of hydrogen-bond donors (Lipinski definition) is 5. The molecular weight excluding hydrogens is 976 g/mol.